The molecule has 0 saturated carbocycles. The molecular weight excluding hydrogens is 382 g/mol. The lowest BCUT2D eigenvalue weighted by Crippen LogP contribution is -2.40. The second-order valence-electron chi connectivity index (χ2n) is 5.45. The topological polar surface area (TPSA) is 63.1 Å². The van der Waals surface area contributed by atoms with Crippen molar-refractivity contribution in [2.45, 2.75) is 19.3 Å². The Morgan fingerprint density at radius 3 is 2.72 bits per heavy atom. The van der Waals surface area contributed by atoms with Crippen LogP contribution in [0.2, 0.25) is 10.0 Å². The maximum Gasteiger partial charge on any atom is 0.451 e. The fraction of sp³-hybridized carbons (Fsp3) is 0.357. The molecule has 1 amide bonds. The van der Waals surface area contributed by atoms with Gasteiger partial charge in [-0.25, -0.2) is 0 Å². The highest BCUT2D eigenvalue weighted by molar-refractivity contribution is 6.43. The quantitative estimate of drug-likeness (QED) is 0.870. The third kappa shape index (κ3) is 3.88. The summed E-state index contributed by atoms with van der Waals surface area (Å²) in [5.41, 5.74) is 0.374. The van der Waals surface area contributed by atoms with Gasteiger partial charge in [-0.2, -0.15) is 13.2 Å². The van der Waals surface area contributed by atoms with Crippen LogP contribution in [0.25, 0.3) is 0 Å². The predicted octanol–water partition coefficient (Wildman–Crippen LogP) is 3.06. The van der Waals surface area contributed by atoms with Gasteiger partial charge in [-0.1, -0.05) is 29.3 Å². The zero-order valence-electron chi connectivity index (χ0n) is 12.6. The number of carbonyl (C=O) groups excluding carboxylic acids is 1. The molecule has 0 radical (unpaired) electrons. The van der Waals surface area contributed by atoms with Gasteiger partial charge >= 0.3 is 6.18 Å². The van der Waals surface area contributed by atoms with Gasteiger partial charge in [0.2, 0.25) is 11.7 Å². The number of nitrogens with zero attached hydrogens (tertiary/aromatic N) is 4. The molecule has 0 saturated heterocycles. The summed E-state index contributed by atoms with van der Waals surface area (Å²) in [6.07, 6.45) is -4.55. The highest BCUT2D eigenvalue weighted by Gasteiger charge is 2.39. The number of hydrogen-bond acceptors (Lipinski definition) is 4. The van der Waals surface area contributed by atoms with E-state index in [9.17, 15) is 18.0 Å². The smallest absolute Gasteiger partial charge is 0.324 e. The molecule has 1 aliphatic rings. The van der Waals surface area contributed by atoms with Crippen molar-refractivity contribution in [3.63, 3.8) is 0 Å². The minimum absolute atomic E-state index is 0.0168. The molecule has 1 aliphatic heterocycles. The number of amides is 1. The van der Waals surface area contributed by atoms with Gasteiger partial charge in [0, 0.05) is 13.1 Å². The molecule has 0 unspecified atom stereocenters. The van der Waals surface area contributed by atoms with Crippen LogP contribution in [-0.4, -0.2) is 38.7 Å². The van der Waals surface area contributed by atoms with Gasteiger partial charge in [-0.15, -0.1) is 10.2 Å². The molecule has 1 aromatic carbocycles. The van der Waals surface area contributed by atoms with E-state index in [1.54, 1.807) is 23.1 Å². The SMILES string of the molecule is O=C(CN1CCn2c(nnc2C(F)(F)F)C1)Nc1cccc(Cl)c1Cl. The summed E-state index contributed by atoms with van der Waals surface area (Å²) in [5, 5.41) is 9.94. The first kappa shape index (κ1) is 18.0. The lowest BCUT2D eigenvalue weighted by Gasteiger charge is -2.27. The summed E-state index contributed by atoms with van der Waals surface area (Å²) >= 11 is 11.9. The Kier molecular flexibility index (Phi) is 4.90. The maximum atomic E-state index is 12.8. The maximum absolute atomic E-state index is 12.8. The second kappa shape index (κ2) is 6.81. The van der Waals surface area contributed by atoms with Gasteiger partial charge in [0.05, 0.1) is 28.8 Å². The minimum Gasteiger partial charge on any atom is -0.324 e. The van der Waals surface area contributed by atoms with Crippen LogP contribution in [0.4, 0.5) is 18.9 Å². The molecule has 2 heterocycles. The van der Waals surface area contributed by atoms with Crippen molar-refractivity contribution in [2.24, 2.45) is 0 Å². The molecule has 25 heavy (non-hydrogen) atoms. The van der Waals surface area contributed by atoms with Crippen LogP contribution < -0.4 is 5.32 Å². The van der Waals surface area contributed by atoms with Gasteiger partial charge in [0.25, 0.3) is 0 Å². The first-order chi connectivity index (χ1) is 11.8. The normalized spacial score (nSPS) is 15.1. The minimum atomic E-state index is -4.55. The molecule has 3 rings (SSSR count). The molecule has 1 aromatic heterocycles. The van der Waals surface area contributed by atoms with Gasteiger partial charge in [0.1, 0.15) is 5.82 Å². The number of halogens is 5. The molecule has 0 fully saturated rings. The Morgan fingerprint density at radius 1 is 1.24 bits per heavy atom. The number of hydrogen-bond donors (Lipinski definition) is 1. The molecule has 0 aliphatic carbocycles. The van der Waals surface area contributed by atoms with Crippen molar-refractivity contribution in [3.05, 3.63) is 39.9 Å². The van der Waals surface area contributed by atoms with Gasteiger partial charge < -0.3 is 9.88 Å². The lowest BCUT2D eigenvalue weighted by atomic mass is 10.3. The van der Waals surface area contributed by atoms with E-state index in [0.29, 0.717) is 10.7 Å². The molecule has 0 spiro atoms. The summed E-state index contributed by atoms with van der Waals surface area (Å²) < 4.78 is 39.4. The van der Waals surface area contributed by atoms with E-state index in [-0.39, 0.29) is 42.9 Å². The van der Waals surface area contributed by atoms with Crippen molar-refractivity contribution in [3.8, 4) is 0 Å². The Bertz CT molecular complexity index is 808. The molecule has 6 nitrogen and oxygen atoms in total. The number of alkyl halides is 3. The van der Waals surface area contributed by atoms with Crippen molar-refractivity contribution in [2.75, 3.05) is 18.4 Å². The molecule has 0 atom stereocenters. The van der Waals surface area contributed by atoms with E-state index in [1.165, 1.54) is 0 Å². The van der Waals surface area contributed by atoms with Crippen LogP contribution in [-0.2, 0) is 24.1 Å². The first-order valence-electron chi connectivity index (χ1n) is 7.21. The fourth-order valence-electron chi connectivity index (χ4n) is 2.55. The summed E-state index contributed by atoms with van der Waals surface area (Å²) in [5.74, 6) is -1.20. The molecule has 1 N–H and O–H groups in total. The van der Waals surface area contributed by atoms with Crippen LogP contribution in [0.1, 0.15) is 11.6 Å². The number of benzene rings is 1. The Hall–Kier alpha value is -1.84. The van der Waals surface area contributed by atoms with Gasteiger partial charge in [-0.3, -0.25) is 9.69 Å². The highest BCUT2D eigenvalue weighted by atomic mass is 35.5. The zero-order valence-corrected chi connectivity index (χ0v) is 14.2. The first-order valence-corrected chi connectivity index (χ1v) is 7.97. The van der Waals surface area contributed by atoms with Crippen LogP contribution in [0.15, 0.2) is 18.2 Å². The Balaban J connectivity index is 1.64. The predicted molar refractivity (Wildman–Crippen MR) is 85.4 cm³/mol. The number of rotatable bonds is 3. The van der Waals surface area contributed by atoms with Crippen LogP contribution in [0.3, 0.4) is 0 Å². The molecule has 2 aromatic rings. The van der Waals surface area contributed by atoms with Crippen molar-refractivity contribution in [1.29, 1.82) is 0 Å². The van der Waals surface area contributed by atoms with E-state index in [4.69, 9.17) is 23.2 Å². The highest BCUT2D eigenvalue weighted by Crippen LogP contribution is 2.30. The average Bonchev–Trinajstić information content (AvgIpc) is 2.95. The number of nitrogens with one attached hydrogen (secondary N) is 1. The summed E-state index contributed by atoms with van der Waals surface area (Å²) in [6, 6.07) is 4.84. The number of aromatic nitrogens is 3. The van der Waals surface area contributed by atoms with Crippen molar-refractivity contribution < 1.29 is 18.0 Å². The standard InChI is InChI=1S/C14H12Cl2F3N5O/c15-8-2-1-3-9(12(8)16)20-11(25)7-23-4-5-24-10(6-23)21-22-13(24)14(17,18)19/h1-3H,4-7H2,(H,20,25). The monoisotopic (exact) mass is 393 g/mol. The number of anilines is 1. The van der Waals surface area contributed by atoms with Crippen LogP contribution in [0.5, 0.6) is 0 Å². The second-order valence-corrected chi connectivity index (χ2v) is 6.23. The van der Waals surface area contributed by atoms with Gasteiger partial charge in [-0.05, 0) is 12.1 Å². The van der Waals surface area contributed by atoms with Crippen molar-refractivity contribution >= 4 is 34.8 Å². The summed E-state index contributed by atoms with van der Waals surface area (Å²) in [6.45, 7) is 0.407. The van der Waals surface area contributed by atoms with Gasteiger partial charge in [0.15, 0.2) is 0 Å². The molecule has 11 heteroatoms. The average molecular weight is 394 g/mol. The number of fused-ring (bicyclic) bond motifs is 1. The molecular formula is C14H12Cl2F3N5O. The van der Waals surface area contributed by atoms with Crippen LogP contribution >= 0.6 is 23.2 Å². The van der Waals surface area contributed by atoms with Crippen LogP contribution in [0, 0.1) is 0 Å². The largest absolute Gasteiger partial charge is 0.451 e. The third-order valence-electron chi connectivity index (χ3n) is 3.68. The fourth-order valence-corrected chi connectivity index (χ4v) is 2.89. The summed E-state index contributed by atoms with van der Waals surface area (Å²) in [7, 11) is 0. The van der Waals surface area contributed by atoms with E-state index in [0.717, 1.165) is 4.57 Å². The summed E-state index contributed by atoms with van der Waals surface area (Å²) in [4.78, 5) is 13.8. The Labute approximate surface area is 150 Å². The Morgan fingerprint density at radius 2 is 2.00 bits per heavy atom. The lowest BCUT2D eigenvalue weighted by molar-refractivity contribution is -0.148. The van der Waals surface area contributed by atoms with E-state index in [1.807, 2.05) is 0 Å². The molecule has 134 valence electrons. The van der Waals surface area contributed by atoms with E-state index < -0.39 is 12.0 Å². The third-order valence-corrected chi connectivity index (χ3v) is 4.50. The molecule has 0 bridgehead atoms. The van der Waals surface area contributed by atoms with Crippen molar-refractivity contribution in [1.82, 2.24) is 19.7 Å². The van der Waals surface area contributed by atoms with E-state index in [2.05, 4.69) is 15.5 Å². The zero-order chi connectivity index (χ0) is 18.2. The number of carbonyl (C=O) groups is 1. The van der Waals surface area contributed by atoms with E-state index >= 15 is 0 Å².